The van der Waals surface area contributed by atoms with Gasteiger partial charge >= 0.3 is 0 Å². The Labute approximate surface area is 147 Å². The van der Waals surface area contributed by atoms with Gasteiger partial charge in [-0.15, -0.1) is 0 Å². The normalized spacial score (nSPS) is 19.2. The molecule has 0 radical (unpaired) electrons. The molecule has 0 saturated carbocycles. The van der Waals surface area contributed by atoms with Crippen molar-refractivity contribution in [3.8, 4) is 0 Å². The van der Waals surface area contributed by atoms with Gasteiger partial charge in [-0.2, -0.15) is 0 Å². The van der Waals surface area contributed by atoms with Crippen LogP contribution in [0.5, 0.6) is 0 Å². The van der Waals surface area contributed by atoms with Gasteiger partial charge in [0.15, 0.2) is 0 Å². The number of nitro groups is 1. The van der Waals surface area contributed by atoms with E-state index in [1.807, 2.05) is 6.07 Å². The van der Waals surface area contributed by atoms with Crippen molar-refractivity contribution >= 4 is 11.4 Å². The quantitative estimate of drug-likeness (QED) is 0.681. The lowest BCUT2D eigenvalue weighted by Crippen LogP contribution is -2.45. The molecule has 4 rings (SSSR count). The van der Waals surface area contributed by atoms with Crippen molar-refractivity contribution in [2.24, 2.45) is 0 Å². The molecule has 0 amide bonds. The standard InChI is InChI=1S/C20H23N3O2/c24-23(25)17-6-7-18-19(14-17)21-11-8-20(18)9-12-22(13-10-20)15-16-4-2-1-3-5-16/h1-7,14,21H,8-13,15H2. The minimum absolute atomic E-state index is 0.170. The Morgan fingerprint density at radius 3 is 2.56 bits per heavy atom. The number of nitro benzene ring substituents is 1. The molecule has 2 aliphatic rings. The van der Waals surface area contributed by atoms with E-state index in [0.717, 1.165) is 51.1 Å². The van der Waals surface area contributed by atoms with Crippen molar-refractivity contribution in [3.63, 3.8) is 0 Å². The second-order valence-electron chi connectivity index (χ2n) is 7.21. The van der Waals surface area contributed by atoms with Crippen molar-refractivity contribution in [1.29, 1.82) is 0 Å². The molecule has 2 aromatic rings. The molecule has 2 heterocycles. The molecule has 5 heteroatoms. The van der Waals surface area contributed by atoms with Crippen molar-refractivity contribution in [2.45, 2.75) is 31.2 Å². The maximum Gasteiger partial charge on any atom is 0.271 e. The summed E-state index contributed by atoms with van der Waals surface area (Å²) < 4.78 is 0. The number of piperidine rings is 1. The average Bonchev–Trinajstić information content (AvgIpc) is 2.64. The molecule has 0 atom stereocenters. The van der Waals surface area contributed by atoms with Crippen LogP contribution in [0.1, 0.15) is 30.4 Å². The van der Waals surface area contributed by atoms with E-state index in [0.29, 0.717) is 0 Å². The maximum atomic E-state index is 11.0. The minimum atomic E-state index is -0.314. The fraction of sp³-hybridized carbons (Fsp3) is 0.400. The minimum Gasteiger partial charge on any atom is -0.385 e. The lowest BCUT2D eigenvalue weighted by molar-refractivity contribution is -0.384. The predicted octanol–water partition coefficient (Wildman–Crippen LogP) is 3.94. The summed E-state index contributed by atoms with van der Waals surface area (Å²) in [5.74, 6) is 0. The highest BCUT2D eigenvalue weighted by Gasteiger charge is 2.39. The predicted molar refractivity (Wildman–Crippen MR) is 98.8 cm³/mol. The Morgan fingerprint density at radius 2 is 1.84 bits per heavy atom. The molecular formula is C20H23N3O2. The van der Waals surface area contributed by atoms with Gasteiger partial charge in [-0.05, 0) is 49.5 Å². The monoisotopic (exact) mass is 337 g/mol. The number of likely N-dealkylation sites (tertiary alicyclic amines) is 1. The number of fused-ring (bicyclic) bond motifs is 2. The van der Waals surface area contributed by atoms with E-state index in [9.17, 15) is 10.1 Å². The van der Waals surface area contributed by atoms with Gasteiger partial charge in [-0.3, -0.25) is 15.0 Å². The highest BCUT2D eigenvalue weighted by Crippen LogP contribution is 2.45. The Hall–Kier alpha value is -2.40. The number of non-ortho nitro benzene ring substituents is 1. The van der Waals surface area contributed by atoms with Crippen molar-refractivity contribution < 1.29 is 4.92 Å². The van der Waals surface area contributed by atoms with Crippen LogP contribution in [0, 0.1) is 10.1 Å². The van der Waals surface area contributed by atoms with E-state index in [1.54, 1.807) is 12.1 Å². The Kier molecular flexibility index (Phi) is 4.17. The fourth-order valence-corrected chi connectivity index (χ4v) is 4.33. The van der Waals surface area contributed by atoms with Crippen LogP contribution < -0.4 is 5.32 Å². The number of benzene rings is 2. The lowest BCUT2D eigenvalue weighted by Gasteiger charge is -2.45. The molecule has 0 aromatic heterocycles. The van der Waals surface area contributed by atoms with Crippen LogP contribution in [-0.2, 0) is 12.0 Å². The summed E-state index contributed by atoms with van der Waals surface area (Å²) in [4.78, 5) is 13.2. The lowest BCUT2D eigenvalue weighted by atomic mass is 9.68. The maximum absolute atomic E-state index is 11.0. The number of rotatable bonds is 3. The molecule has 1 saturated heterocycles. The van der Waals surface area contributed by atoms with Gasteiger partial charge in [0, 0.05) is 36.3 Å². The second-order valence-corrected chi connectivity index (χ2v) is 7.21. The first-order valence-electron chi connectivity index (χ1n) is 8.95. The first kappa shape index (κ1) is 16.1. The summed E-state index contributed by atoms with van der Waals surface area (Å²) >= 11 is 0. The van der Waals surface area contributed by atoms with Crippen LogP contribution in [0.3, 0.4) is 0 Å². The van der Waals surface area contributed by atoms with Crippen molar-refractivity contribution in [1.82, 2.24) is 4.90 Å². The van der Waals surface area contributed by atoms with E-state index >= 15 is 0 Å². The molecule has 130 valence electrons. The molecular weight excluding hydrogens is 314 g/mol. The molecule has 1 spiro atoms. The summed E-state index contributed by atoms with van der Waals surface area (Å²) in [5.41, 5.74) is 3.92. The zero-order valence-corrected chi connectivity index (χ0v) is 14.3. The summed E-state index contributed by atoms with van der Waals surface area (Å²) in [6, 6.07) is 15.9. The van der Waals surface area contributed by atoms with Gasteiger partial charge in [0.05, 0.1) is 4.92 Å². The van der Waals surface area contributed by atoms with E-state index in [-0.39, 0.29) is 16.0 Å². The van der Waals surface area contributed by atoms with Gasteiger partial charge in [-0.25, -0.2) is 0 Å². The topological polar surface area (TPSA) is 58.4 Å². The fourth-order valence-electron chi connectivity index (χ4n) is 4.33. The van der Waals surface area contributed by atoms with Gasteiger partial charge in [-0.1, -0.05) is 30.3 Å². The third kappa shape index (κ3) is 3.12. The zero-order valence-electron chi connectivity index (χ0n) is 14.3. The molecule has 2 aliphatic heterocycles. The van der Waals surface area contributed by atoms with Crippen LogP contribution in [0.2, 0.25) is 0 Å². The molecule has 25 heavy (non-hydrogen) atoms. The molecule has 1 N–H and O–H groups in total. The summed E-state index contributed by atoms with van der Waals surface area (Å²) in [6.45, 7) is 4.05. The van der Waals surface area contributed by atoms with E-state index < -0.39 is 0 Å². The molecule has 0 bridgehead atoms. The van der Waals surface area contributed by atoms with Crippen LogP contribution in [0.15, 0.2) is 48.5 Å². The Bertz CT molecular complexity index is 768. The summed E-state index contributed by atoms with van der Waals surface area (Å²) in [6.07, 6.45) is 3.34. The number of nitrogens with zero attached hydrogens (tertiary/aromatic N) is 2. The largest absolute Gasteiger partial charge is 0.385 e. The third-order valence-electron chi connectivity index (χ3n) is 5.77. The summed E-state index contributed by atoms with van der Waals surface area (Å²) in [5, 5.41) is 14.4. The van der Waals surface area contributed by atoms with E-state index in [1.165, 1.54) is 11.1 Å². The second kappa shape index (κ2) is 6.48. The number of hydrogen-bond donors (Lipinski definition) is 1. The van der Waals surface area contributed by atoms with Crippen LogP contribution in [0.4, 0.5) is 11.4 Å². The van der Waals surface area contributed by atoms with Gasteiger partial charge < -0.3 is 5.32 Å². The van der Waals surface area contributed by atoms with Crippen molar-refractivity contribution in [3.05, 3.63) is 69.8 Å². The molecule has 0 unspecified atom stereocenters. The van der Waals surface area contributed by atoms with Gasteiger partial charge in [0.25, 0.3) is 5.69 Å². The molecule has 5 nitrogen and oxygen atoms in total. The van der Waals surface area contributed by atoms with Crippen LogP contribution in [-0.4, -0.2) is 29.5 Å². The Morgan fingerprint density at radius 1 is 1.08 bits per heavy atom. The number of anilines is 1. The van der Waals surface area contributed by atoms with Crippen molar-refractivity contribution in [2.75, 3.05) is 25.0 Å². The zero-order chi connectivity index (χ0) is 17.3. The van der Waals surface area contributed by atoms with E-state index in [2.05, 4.69) is 40.5 Å². The number of nitrogens with one attached hydrogen (secondary N) is 1. The molecule has 1 fully saturated rings. The van der Waals surface area contributed by atoms with Gasteiger partial charge in [0.2, 0.25) is 0 Å². The van der Waals surface area contributed by atoms with Crippen LogP contribution in [0.25, 0.3) is 0 Å². The van der Waals surface area contributed by atoms with Gasteiger partial charge in [0.1, 0.15) is 0 Å². The highest BCUT2D eigenvalue weighted by molar-refractivity contribution is 5.62. The molecule has 0 aliphatic carbocycles. The van der Waals surface area contributed by atoms with E-state index in [4.69, 9.17) is 0 Å². The van der Waals surface area contributed by atoms with Crippen LogP contribution >= 0.6 is 0 Å². The SMILES string of the molecule is O=[N+]([O-])c1ccc2c(c1)NCCC21CCN(Cc2ccccc2)CC1. The smallest absolute Gasteiger partial charge is 0.271 e. The first-order chi connectivity index (χ1) is 12.2. The molecule has 2 aromatic carbocycles. The highest BCUT2D eigenvalue weighted by atomic mass is 16.6. The summed E-state index contributed by atoms with van der Waals surface area (Å²) in [7, 11) is 0. The Balaban J connectivity index is 1.51. The number of hydrogen-bond acceptors (Lipinski definition) is 4. The average molecular weight is 337 g/mol. The first-order valence-corrected chi connectivity index (χ1v) is 8.95. The third-order valence-corrected chi connectivity index (χ3v) is 5.77.